The lowest BCUT2D eigenvalue weighted by Crippen LogP contribution is -2.06. The van der Waals surface area contributed by atoms with Crippen LogP contribution in [0, 0.1) is 19.8 Å². The Kier molecular flexibility index (Phi) is 4.65. The van der Waals surface area contributed by atoms with Crippen molar-refractivity contribution >= 4 is 17.5 Å². The highest BCUT2D eigenvalue weighted by atomic mass is 32.2. The number of aromatic nitrogens is 1. The molecule has 0 aliphatic rings. The topological polar surface area (TPSA) is 43.1 Å². The Morgan fingerprint density at radius 1 is 1.25 bits per heavy atom. The highest BCUT2D eigenvalue weighted by molar-refractivity contribution is 7.98. The molecule has 0 fully saturated rings. The Bertz CT molecular complexity index is 580. The number of nitrogens with zero attached hydrogens (tertiary/aromatic N) is 1. The molecular formula is C16H19NO2S. The van der Waals surface area contributed by atoms with Crippen LogP contribution in [0.5, 0.6) is 0 Å². The number of rotatable bonds is 5. The van der Waals surface area contributed by atoms with Crippen LogP contribution in [0.2, 0.25) is 0 Å². The fourth-order valence-electron chi connectivity index (χ4n) is 1.91. The fraction of sp³-hybridized carbons (Fsp3) is 0.375. The molecule has 0 saturated carbocycles. The van der Waals surface area contributed by atoms with Gasteiger partial charge in [-0.2, -0.15) is 0 Å². The minimum atomic E-state index is 0.0378. The number of aryl methyl sites for hydroxylation is 2. The maximum atomic E-state index is 11.9. The summed E-state index contributed by atoms with van der Waals surface area (Å²) in [7, 11) is 0. The number of thioether (sulfide) groups is 1. The van der Waals surface area contributed by atoms with Gasteiger partial charge in [-0.1, -0.05) is 31.1 Å². The second-order valence-electron chi connectivity index (χ2n) is 5.13. The zero-order valence-electron chi connectivity index (χ0n) is 12.3. The van der Waals surface area contributed by atoms with Crippen LogP contribution in [0.25, 0.3) is 0 Å². The van der Waals surface area contributed by atoms with E-state index in [-0.39, 0.29) is 11.7 Å². The van der Waals surface area contributed by atoms with Crippen LogP contribution in [0.1, 0.15) is 41.2 Å². The number of ketones is 1. The van der Waals surface area contributed by atoms with E-state index in [9.17, 15) is 4.79 Å². The molecule has 1 aromatic carbocycles. The van der Waals surface area contributed by atoms with Gasteiger partial charge >= 0.3 is 0 Å². The van der Waals surface area contributed by atoms with Crippen molar-refractivity contribution in [1.29, 1.82) is 0 Å². The smallest absolute Gasteiger partial charge is 0.165 e. The molecule has 0 bridgehead atoms. The molecule has 3 nitrogen and oxygen atoms in total. The Morgan fingerprint density at radius 3 is 2.40 bits per heavy atom. The molecular weight excluding hydrogens is 270 g/mol. The molecule has 0 radical (unpaired) electrons. The predicted molar refractivity (Wildman–Crippen MR) is 81.1 cm³/mol. The predicted octanol–water partition coefficient (Wildman–Crippen LogP) is 4.42. The van der Waals surface area contributed by atoms with E-state index in [1.54, 1.807) is 11.8 Å². The molecule has 4 heteroatoms. The fourth-order valence-corrected chi connectivity index (χ4v) is 2.96. The van der Waals surface area contributed by atoms with E-state index in [0.29, 0.717) is 0 Å². The van der Waals surface area contributed by atoms with Gasteiger partial charge in [0.2, 0.25) is 0 Å². The molecule has 2 aromatic rings. The normalized spacial score (nSPS) is 11.1. The molecule has 2 rings (SSSR count). The number of hydrogen-bond acceptors (Lipinski definition) is 4. The molecule has 0 aliphatic carbocycles. The third kappa shape index (κ3) is 3.31. The number of carbonyl (C=O) groups is 1. The molecule has 0 atom stereocenters. The van der Waals surface area contributed by atoms with Gasteiger partial charge in [0.15, 0.2) is 5.78 Å². The first kappa shape index (κ1) is 14.9. The molecule has 106 valence electrons. The highest BCUT2D eigenvalue weighted by Gasteiger charge is 2.11. The van der Waals surface area contributed by atoms with Gasteiger partial charge < -0.3 is 4.52 Å². The Hall–Kier alpha value is -1.55. The molecule has 20 heavy (non-hydrogen) atoms. The summed E-state index contributed by atoms with van der Waals surface area (Å²) in [5.74, 6) is 1.93. The van der Waals surface area contributed by atoms with E-state index in [4.69, 9.17) is 4.52 Å². The third-order valence-corrected chi connectivity index (χ3v) is 4.27. The summed E-state index contributed by atoms with van der Waals surface area (Å²) >= 11 is 1.72. The largest absolute Gasteiger partial charge is 0.361 e. The van der Waals surface area contributed by atoms with E-state index < -0.39 is 0 Å². The Balaban J connectivity index is 2.03. The minimum absolute atomic E-state index is 0.0378. The number of benzene rings is 1. The summed E-state index contributed by atoms with van der Waals surface area (Å²) in [6, 6.07) is 7.80. The summed E-state index contributed by atoms with van der Waals surface area (Å²) in [5, 5.41) is 3.95. The van der Waals surface area contributed by atoms with Crippen LogP contribution in [0.4, 0.5) is 0 Å². The number of carbonyl (C=O) groups excluding carboxylic acids is 1. The van der Waals surface area contributed by atoms with Gasteiger partial charge in [0.05, 0.1) is 5.69 Å². The molecule has 1 heterocycles. The van der Waals surface area contributed by atoms with Crippen LogP contribution >= 0.6 is 11.8 Å². The van der Waals surface area contributed by atoms with Gasteiger partial charge in [-0.15, -0.1) is 11.8 Å². The third-order valence-electron chi connectivity index (χ3n) is 3.23. The van der Waals surface area contributed by atoms with Gasteiger partial charge in [-0.3, -0.25) is 4.79 Å². The standard InChI is InChI=1S/C16H19NO2S/c1-10(2)16(18)13-5-7-14(8-6-13)20-9-15-11(3)17-19-12(15)4/h5-8,10H,9H2,1-4H3. The quantitative estimate of drug-likeness (QED) is 0.603. The zero-order valence-corrected chi connectivity index (χ0v) is 13.1. The van der Waals surface area contributed by atoms with Gasteiger partial charge in [0.1, 0.15) is 5.76 Å². The first-order chi connectivity index (χ1) is 9.49. The van der Waals surface area contributed by atoms with Crippen LogP contribution < -0.4 is 0 Å². The summed E-state index contributed by atoms with van der Waals surface area (Å²) in [4.78, 5) is 13.0. The molecule has 0 aliphatic heterocycles. The summed E-state index contributed by atoms with van der Waals surface area (Å²) in [6.45, 7) is 7.72. The van der Waals surface area contributed by atoms with Crippen molar-refractivity contribution in [2.75, 3.05) is 0 Å². The lowest BCUT2D eigenvalue weighted by Gasteiger charge is -2.06. The SMILES string of the molecule is Cc1noc(C)c1CSc1ccc(C(=O)C(C)C)cc1. The first-order valence-electron chi connectivity index (χ1n) is 6.68. The lowest BCUT2D eigenvalue weighted by molar-refractivity contribution is 0.0939. The average Bonchev–Trinajstić information content (AvgIpc) is 2.75. The number of Topliss-reactive ketones (excluding diaryl/α,β-unsaturated/α-hetero) is 1. The van der Waals surface area contributed by atoms with Crippen molar-refractivity contribution in [2.24, 2.45) is 5.92 Å². The van der Waals surface area contributed by atoms with Crippen molar-refractivity contribution in [3.05, 3.63) is 46.8 Å². The maximum Gasteiger partial charge on any atom is 0.165 e. The minimum Gasteiger partial charge on any atom is -0.361 e. The first-order valence-corrected chi connectivity index (χ1v) is 7.66. The molecule has 0 N–H and O–H groups in total. The zero-order chi connectivity index (χ0) is 14.7. The van der Waals surface area contributed by atoms with Crippen LogP contribution in [0.15, 0.2) is 33.7 Å². The molecule has 0 amide bonds. The van der Waals surface area contributed by atoms with E-state index >= 15 is 0 Å². The molecule has 1 aromatic heterocycles. The highest BCUT2D eigenvalue weighted by Crippen LogP contribution is 2.26. The summed E-state index contributed by atoms with van der Waals surface area (Å²) in [6.07, 6.45) is 0. The van der Waals surface area contributed by atoms with Gasteiger partial charge in [-0.05, 0) is 26.0 Å². The van der Waals surface area contributed by atoms with Crippen molar-refractivity contribution in [3.8, 4) is 0 Å². The van der Waals surface area contributed by atoms with Crippen molar-refractivity contribution < 1.29 is 9.32 Å². The molecule has 0 spiro atoms. The van der Waals surface area contributed by atoms with E-state index in [2.05, 4.69) is 5.16 Å². The Labute approximate surface area is 123 Å². The molecule has 0 saturated heterocycles. The summed E-state index contributed by atoms with van der Waals surface area (Å²) in [5.41, 5.74) is 2.88. The van der Waals surface area contributed by atoms with E-state index in [1.165, 1.54) is 0 Å². The van der Waals surface area contributed by atoms with Gasteiger partial charge in [-0.25, -0.2) is 0 Å². The van der Waals surface area contributed by atoms with Crippen LogP contribution in [0.3, 0.4) is 0 Å². The Morgan fingerprint density at radius 2 is 1.90 bits per heavy atom. The molecule has 0 unspecified atom stereocenters. The van der Waals surface area contributed by atoms with Crippen molar-refractivity contribution in [1.82, 2.24) is 5.16 Å². The lowest BCUT2D eigenvalue weighted by atomic mass is 10.0. The van der Waals surface area contributed by atoms with E-state index in [0.717, 1.165) is 33.2 Å². The van der Waals surface area contributed by atoms with Crippen LogP contribution in [-0.2, 0) is 5.75 Å². The van der Waals surface area contributed by atoms with Crippen molar-refractivity contribution in [2.45, 2.75) is 38.3 Å². The second kappa shape index (κ2) is 6.27. The summed E-state index contributed by atoms with van der Waals surface area (Å²) < 4.78 is 5.15. The van der Waals surface area contributed by atoms with E-state index in [1.807, 2.05) is 52.0 Å². The van der Waals surface area contributed by atoms with Gasteiger partial charge in [0.25, 0.3) is 0 Å². The number of hydrogen-bond donors (Lipinski definition) is 0. The van der Waals surface area contributed by atoms with Crippen molar-refractivity contribution in [3.63, 3.8) is 0 Å². The average molecular weight is 289 g/mol. The second-order valence-corrected chi connectivity index (χ2v) is 6.18. The maximum absolute atomic E-state index is 11.9. The monoisotopic (exact) mass is 289 g/mol. The van der Waals surface area contributed by atoms with Gasteiger partial charge in [0, 0.05) is 27.7 Å². The van der Waals surface area contributed by atoms with Crippen LogP contribution in [-0.4, -0.2) is 10.9 Å².